The number of hydrogen-bond donors (Lipinski definition) is 1. The van der Waals surface area contributed by atoms with E-state index in [1.165, 1.54) is 6.07 Å². The Morgan fingerprint density at radius 1 is 1.29 bits per heavy atom. The van der Waals surface area contributed by atoms with Gasteiger partial charge in [0, 0.05) is 5.56 Å². The first-order valence-electron chi connectivity index (χ1n) is 5.73. The molecule has 1 fully saturated rings. The molecule has 1 aromatic rings. The van der Waals surface area contributed by atoms with Gasteiger partial charge in [0.15, 0.2) is 0 Å². The Morgan fingerprint density at radius 3 is 2.47 bits per heavy atom. The molecule has 1 atom stereocenters. The van der Waals surface area contributed by atoms with Crippen molar-refractivity contribution in [1.29, 1.82) is 0 Å². The third-order valence-corrected chi connectivity index (χ3v) is 6.92. The first-order valence-corrected chi connectivity index (χ1v) is 7.70. The highest BCUT2D eigenvalue weighted by Crippen LogP contribution is 2.53. The lowest BCUT2D eigenvalue weighted by molar-refractivity contribution is 0.0450. The summed E-state index contributed by atoms with van der Waals surface area (Å²) >= 11 is 3.44. The molecule has 1 N–H and O–H groups in total. The maximum atomic E-state index is 13.8. The molecule has 0 amide bonds. The number of aliphatic hydroxyl groups is 1. The van der Waals surface area contributed by atoms with Gasteiger partial charge in [0.25, 0.3) is 0 Å². The summed E-state index contributed by atoms with van der Waals surface area (Å²) in [6, 6.07) is 6.51. The summed E-state index contributed by atoms with van der Waals surface area (Å²) in [5.74, 6) is 1.72. The van der Waals surface area contributed by atoms with Crippen LogP contribution in [0.1, 0.15) is 25.8 Å². The van der Waals surface area contributed by atoms with Crippen LogP contribution < -0.4 is 0 Å². The van der Waals surface area contributed by atoms with Crippen molar-refractivity contribution < 1.29 is 9.50 Å². The van der Waals surface area contributed by atoms with Crippen LogP contribution in [0.15, 0.2) is 24.3 Å². The summed E-state index contributed by atoms with van der Waals surface area (Å²) in [6.45, 7) is 3.73. The van der Waals surface area contributed by atoms with Crippen LogP contribution in [0.4, 0.5) is 4.39 Å². The van der Waals surface area contributed by atoms with E-state index in [9.17, 15) is 9.50 Å². The van der Waals surface area contributed by atoms with Gasteiger partial charge in [-0.2, -0.15) is 0 Å². The Hall–Kier alpha value is -0.190. The van der Waals surface area contributed by atoms with Crippen LogP contribution in [-0.4, -0.2) is 20.7 Å². The molecule has 1 heterocycles. The largest absolute Gasteiger partial charge is 0.383 e. The second-order valence-electron chi connectivity index (χ2n) is 4.55. The first-order chi connectivity index (χ1) is 7.97. The average molecular weight is 272 g/mol. The van der Waals surface area contributed by atoms with Crippen LogP contribution >= 0.6 is 23.5 Å². The smallest absolute Gasteiger partial charge is 0.129 e. The van der Waals surface area contributed by atoms with Gasteiger partial charge in [-0.25, -0.2) is 4.39 Å². The van der Waals surface area contributed by atoms with Gasteiger partial charge in [0.05, 0.1) is 4.08 Å². The zero-order valence-corrected chi connectivity index (χ0v) is 11.7. The highest BCUT2D eigenvalue weighted by atomic mass is 32.2. The van der Waals surface area contributed by atoms with Crippen molar-refractivity contribution in [3.05, 3.63) is 35.6 Å². The van der Waals surface area contributed by atoms with Crippen LogP contribution in [0.2, 0.25) is 0 Å². The van der Waals surface area contributed by atoms with E-state index >= 15 is 0 Å². The van der Waals surface area contributed by atoms with E-state index in [4.69, 9.17) is 0 Å². The van der Waals surface area contributed by atoms with Gasteiger partial charge in [0.2, 0.25) is 0 Å². The topological polar surface area (TPSA) is 20.2 Å². The molecular weight excluding hydrogens is 255 g/mol. The summed E-state index contributed by atoms with van der Waals surface area (Å²) in [7, 11) is 0. The molecule has 1 saturated heterocycles. The van der Waals surface area contributed by atoms with E-state index in [1.54, 1.807) is 48.6 Å². The van der Waals surface area contributed by atoms with Gasteiger partial charge in [-0.3, -0.25) is 0 Å². The predicted molar refractivity (Wildman–Crippen MR) is 73.9 cm³/mol. The van der Waals surface area contributed by atoms with Crippen molar-refractivity contribution in [3.63, 3.8) is 0 Å². The Kier molecular flexibility index (Phi) is 3.76. The molecule has 1 nitrogen and oxygen atoms in total. The van der Waals surface area contributed by atoms with Gasteiger partial charge in [0.1, 0.15) is 11.4 Å². The Bertz CT molecular complexity index is 400. The van der Waals surface area contributed by atoms with Gasteiger partial charge in [-0.05, 0) is 37.8 Å². The van der Waals surface area contributed by atoms with Crippen molar-refractivity contribution in [1.82, 2.24) is 0 Å². The van der Waals surface area contributed by atoms with Crippen LogP contribution in [-0.2, 0) is 5.60 Å². The number of rotatable bonds is 2. The highest BCUT2D eigenvalue weighted by molar-refractivity contribution is 8.18. The zero-order chi connectivity index (χ0) is 12.5. The van der Waals surface area contributed by atoms with Crippen LogP contribution in [0.25, 0.3) is 0 Å². The third-order valence-electron chi connectivity index (χ3n) is 3.33. The maximum Gasteiger partial charge on any atom is 0.129 e. The molecular formula is C13H17FOS2. The van der Waals surface area contributed by atoms with E-state index in [1.807, 2.05) is 6.92 Å². The van der Waals surface area contributed by atoms with Gasteiger partial charge >= 0.3 is 0 Å². The van der Waals surface area contributed by atoms with Gasteiger partial charge in [-0.15, -0.1) is 23.5 Å². The van der Waals surface area contributed by atoms with Crippen molar-refractivity contribution in [3.8, 4) is 0 Å². The first kappa shape index (κ1) is 13.2. The van der Waals surface area contributed by atoms with Gasteiger partial charge < -0.3 is 5.11 Å². The zero-order valence-electron chi connectivity index (χ0n) is 10.1. The summed E-state index contributed by atoms with van der Waals surface area (Å²) in [5.41, 5.74) is -0.766. The fourth-order valence-corrected chi connectivity index (χ4v) is 5.17. The molecule has 0 radical (unpaired) electrons. The lowest BCUT2D eigenvalue weighted by atomic mass is 9.92. The Labute approximate surface area is 110 Å². The third kappa shape index (κ3) is 2.35. The predicted octanol–water partition coefficient (Wildman–Crippen LogP) is 3.62. The number of thioether (sulfide) groups is 2. The molecule has 0 aromatic heterocycles. The molecule has 0 saturated carbocycles. The quantitative estimate of drug-likeness (QED) is 0.888. The molecule has 17 heavy (non-hydrogen) atoms. The second-order valence-corrected chi connectivity index (χ2v) is 7.83. The molecule has 1 aliphatic rings. The van der Waals surface area contributed by atoms with Crippen molar-refractivity contribution in [2.45, 2.75) is 29.9 Å². The van der Waals surface area contributed by atoms with Crippen LogP contribution in [0.3, 0.4) is 0 Å². The van der Waals surface area contributed by atoms with E-state index in [0.717, 1.165) is 17.9 Å². The monoisotopic (exact) mass is 272 g/mol. The number of benzene rings is 1. The molecule has 2 rings (SSSR count). The standard InChI is InChI=1S/C13H17FOS2/c1-12(15,10-6-3-4-7-11(10)14)13(2)16-8-5-9-17-13/h3-4,6-7,15H,5,8-9H2,1-2H3/t12-/m1/s1. The molecule has 1 aromatic carbocycles. The molecule has 0 unspecified atom stereocenters. The second kappa shape index (κ2) is 4.82. The fourth-order valence-electron chi connectivity index (χ4n) is 2.02. The lowest BCUT2D eigenvalue weighted by Gasteiger charge is -2.44. The summed E-state index contributed by atoms with van der Waals surface area (Å²) in [5, 5.41) is 10.8. The highest BCUT2D eigenvalue weighted by Gasteiger charge is 2.47. The average Bonchev–Trinajstić information content (AvgIpc) is 2.30. The van der Waals surface area contributed by atoms with Gasteiger partial charge in [-0.1, -0.05) is 18.2 Å². The minimum atomic E-state index is -1.16. The van der Waals surface area contributed by atoms with Crippen LogP contribution in [0.5, 0.6) is 0 Å². The number of hydrogen-bond acceptors (Lipinski definition) is 3. The van der Waals surface area contributed by atoms with Crippen molar-refractivity contribution >= 4 is 23.5 Å². The SMILES string of the molecule is CC1([C@](C)(O)c2ccccc2F)SCCCS1. The van der Waals surface area contributed by atoms with Crippen molar-refractivity contribution in [2.75, 3.05) is 11.5 Å². The minimum Gasteiger partial charge on any atom is -0.383 e. The Balaban J connectivity index is 2.38. The van der Waals surface area contributed by atoms with Crippen molar-refractivity contribution in [2.24, 2.45) is 0 Å². The fraction of sp³-hybridized carbons (Fsp3) is 0.538. The molecule has 0 bridgehead atoms. The van der Waals surface area contributed by atoms with E-state index in [2.05, 4.69) is 0 Å². The molecule has 94 valence electrons. The molecule has 0 aliphatic carbocycles. The summed E-state index contributed by atoms with van der Waals surface area (Å²) in [6.07, 6.45) is 1.15. The normalized spacial score (nSPS) is 23.1. The van der Waals surface area contributed by atoms with E-state index in [-0.39, 0.29) is 9.90 Å². The van der Waals surface area contributed by atoms with Crippen LogP contribution in [0, 0.1) is 5.82 Å². The van der Waals surface area contributed by atoms with E-state index < -0.39 is 5.60 Å². The minimum absolute atomic E-state index is 0.328. The molecule has 4 heteroatoms. The number of halogens is 1. The van der Waals surface area contributed by atoms with E-state index in [0.29, 0.717) is 5.56 Å². The lowest BCUT2D eigenvalue weighted by Crippen LogP contribution is -2.44. The maximum absolute atomic E-state index is 13.8. The summed E-state index contributed by atoms with van der Waals surface area (Å²) in [4.78, 5) is 0. The molecule has 0 spiro atoms. The summed E-state index contributed by atoms with van der Waals surface area (Å²) < 4.78 is 13.5. The molecule has 1 aliphatic heterocycles. The Morgan fingerprint density at radius 2 is 1.88 bits per heavy atom.